The second-order valence-electron chi connectivity index (χ2n) is 3.36. The van der Waals surface area contributed by atoms with Gasteiger partial charge >= 0.3 is 0 Å². The highest BCUT2D eigenvalue weighted by molar-refractivity contribution is 7.99. The number of halogens is 2. The Bertz CT molecular complexity index is 408. The number of hydrogen-bond donors (Lipinski definition) is 2. The largest absolute Gasteiger partial charge is 0.322 e. The van der Waals surface area contributed by atoms with E-state index in [0.29, 0.717) is 11.6 Å². The zero-order valence-corrected chi connectivity index (χ0v) is 9.11. The van der Waals surface area contributed by atoms with Crippen LogP contribution >= 0.6 is 11.8 Å². The molecule has 1 aliphatic rings. The first-order valence-electron chi connectivity index (χ1n) is 4.74. The van der Waals surface area contributed by atoms with E-state index in [1.807, 2.05) is 0 Å². The van der Waals surface area contributed by atoms with Gasteiger partial charge in [0, 0.05) is 11.6 Å². The van der Waals surface area contributed by atoms with Crippen LogP contribution in [-0.2, 0) is 4.79 Å². The maximum Gasteiger partial charge on any atom is 0.242 e. The van der Waals surface area contributed by atoms with Gasteiger partial charge in [-0.25, -0.2) is 8.78 Å². The normalized spacial score (nSPS) is 19.8. The summed E-state index contributed by atoms with van der Waals surface area (Å²) in [6, 6.07) is 3.35. The third kappa shape index (κ3) is 2.33. The van der Waals surface area contributed by atoms with Crippen LogP contribution in [-0.4, -0.2) is 23.6 Å². The molecule has 0 aromatic heterocycles. The highest BCUT2D eigenvalue weighted by Gasteiger charge is 2.23. The number of hydrogen-bond acceptors (Lipinski definition) is 3. The lowest BCUT2D eigenvalue weighted by Gasteiger charge is -2.11. The highest BCUT2D eigenvalue weighted by Crippen LogP contribution is 2.18. The molecule has 1 unspecified atom stereocenters. The van der Waals surface area contributed by atoms with E-state index in [9.17, 15) is 13.6 Å². The van der Waals surface area contributed by atoms with Gasteiger partial charge in [0.1, 0.15) is 0 Å². The van der Waals surface area contributed by atoms with Crippen molar-refractivity contribution >= 4 is 23.4 Å². The van der Waals surface area contributed by atoms with E-state index in [1.54, 1.807) is 11.8 Å². The van der Waals surface area contributed by atoms with E-state index in [-0.39, 0.29) is 17.6 Å². The highest BCUT2D eigenvalue weighted by atomic mass is 32.2. The second kappa shape index (κ2) is 4.80. The standard InChI is InChI=1S/C10H10F2N2OS/c11-6-2-1-3-7(9(6)12)14-10(15)8-4-16-5-13-8/h1-3,8,13H,4-5H2,(H,14,15). The van der Waals surface area contributed by atoms with E-state index in [4.69, 9.17) is 0 Å². The summed E-state index contributed by atoms with van der Waals surface area (Å²) in [7, 11) is 0. The molecule has 1 aromatic rings. The van der Waals surface area contributed by atoms with Crippen molar-refractivity contribution in [3.63, 3.8) is 0 Å². The lowest BCUT2D eigenvalue weighted by molar-refractivity contribution is -0.117. The molecule has 1 atom stereocenters. The molecule has 86 valence electrons. The number of rotatable bonds is 2. The number of anilines is 1. The van der Waals surface area contributed by atoms with E-state index in [2.05, 4.69) is 10.6 Å². The van der Waals surface area contributed by atoms with Gasteiger partial charge < -0.3 is 5.32 Å². The van der Waals surface area contributed by atoms with Gasteiger partial charge in [-0.1, -0.05) is 6.07 Å². The second-order valence-corrected chi connectivity index (χ2v) is 4.39. The van der Waals surface area contributed by atoms with E-state index in [1.165, 1.54) is 12.1 Å². The van der Waals surface area contributed by atoms with Crippen LogP contribution in [0.3, 0.4) is 0 Å². The number of amides is 1. The molecule has 0 aliphatic carbocycles. The molecular formula is C10H10F2N2OS. The smallest absolute Gasteiger partial charge is 0.242 e. The number of carbonyl (C=O) groups excluding carboxylic acids is 1. The lowest BCUT2D eigenvalue weighted by Crippen LogP contribution is -2.37. The minimum atomic E-state index is -1.03. The van der Waals surface area contributed by atoms with E-state index < -0.39 is 11.6 Å². The first-order chi connectivity index (χ1) is 7.68. The predicted octanol–water partition coefficient (Wildman–Crippen LogP) is 1.57. The average Bonchev–Trinajstić information content (AvgIpc) is 2.78. The van der Waals surface area contributed by atoms with Crippen LogP contribution in [0.2, 0.25) is 0 Å². The van der Waals surface area contributed by atoms with Crippen LogP contribution in [0.5, 0.6) is 0 Å². The van der Waals surface area contributed by atoms with Crippen LogP contribution in [0.25, 0.3) is 0 Å². The fraction of sp³-hybridized carbons (Fsp3) is 0.300. The molecule has 1 amide bonds. The minimum absolute atomic E-state index is 0.122. The maximum absolute atomic E-state index is 13.2. The molecule has 0 radical (unpaired) electrons. The number of benzene rings is 1. The van der Waals surface area contributed by atoms with E-state index >= 15 is 0 Å². The van der Waals surface area contributed by atoms with Crippen LogP contribution in [0, 0.1) is 11.6 Å². The molecule has 3 nitrogen and oxygen atoms in total. The van der Waals surface area contributed by atoms with Crippen molar-refractivity contribution in [1.82, 2.24) is 5.32 Å². The van der Waals surface area contributed by atoms with E-state index in [0.717, 1.165) is 6.07 Å². The third-order valence-electron chi connectivity index (χ3n) is 2.24. The Labute approximate surface area is 95.6 Å². The molecule has 0 saturated carbocycles. The van der Waals surface area contributed by atoms with Gasteiger partial charge in [0.15, 0.2) is 11.6 Å². The minimum Gasteiger partial charge on any atom is -0.322 e. The Morgan fingerprint density at radius 3 is 3.00 bits per heavy atom. The molecule has 1 aromatic carbocycles. The van der Waals surface area contributed by atoms with Gasteiger partial charge in [-0.3, -0.25) is 10.1 Å². The summed E-state index contributed by atoms with van der Waals surface area (Å²) >= 11 is 1.59. The number of nitrogens with one attached hydrogen (secondary N) is 2. The first kappa shape index (κ1) is 11.3. The molecule has 16 heavy (non-hydrogen) atoms. The summed E-state index contributed by atoms with van der Waals surface area (Å²) in [5.41, 5.74) is -0.122. The molecule has 0 bridgehead atoms. The Balaban J connectivity index is 2.08. The van der Waals surface area contributed by atoms with Gasteiger partial charge in [0.05, 0.1) is 11.7 Å². The van der Waals surface area contributed by atoms with Gasteiger partial charge in [0.25, 0.3) is 0 Å². The summed E-state index contributed by atoms with van der Waals surface area (Å²) in [4.78, 5) is 11.6. The Kier molecular flexibility index (Phi) is 3.40. The zero-order chi connectivity index (χ0) is 11.5. The summed E-state index contributed by atoms with van der Waals surface area (Å²) in [5, 5.41) is 5.31. The zero-order valence-electron chi connectivity index (χ0n) is 8.30. The van der Waals surface area contributed by atoms with Crippen molar-refractivity contribution < 1.29 is 13.6 Å². The van der Waals surface area contributed by atoms with Gasteiger partial charge in [-0.15, -0.1) is 11.8 Å². The fourth-order valence-corrected chi connectivity index (χ4v) is 2.33. The van der Waals surface area contributed by atoms with Crippen molar-refractivity contribution in [2.45, 2.75) is 6.04 Å². The molecule has 1 saturated heterocycles. The van der Waals surface area contributed by atoms with Crippen LogP contribution < -0.4 is 10.6 Å². The summed E-state index contributed by atoms with van der Waals surface area (Å²) < 4.78 is 26.1. The van der Waals surface area contributed by atoms with Crippen molar-refractivity contribution in [1.29, 1.82) is 0 Å². The van der Waals surface area contributed by atoms with Gasteiger partial charge in [0.2, 0.25) is 5.91 Å². The van der Waals surface area contributed by atoms with Gasteiger partial charge in [-0.2, -0.15) is 0 Å². The molecule has 2 N–H and O–H groups in total. The fourth-order valence-electron chi connectivity index (χ4n) is 1.38. The van der Waals surface area contributed by atoms with Crippen LogP contribution in [0.4, 0.5) is 14.5 Å². The number of carbonyl (C=O) groups is 1. The van der Waals surface area contributed by atoms with Crippen molar-refractivity contribution in [3.05, 3.63) is 29.8 Å². The molecular weight excluding hydrogens is 234 g/mol. The van der Waals surface area contributed by atoms with Crippen LogP contribution in [0.15, 0.2) is 18.2 Å². The summed E-state index contributed by atoms with van der Waals surface area (Å²) in [6.07, 6.45) is 0. The molecule has 2 rings (SSSR count). The average molecular weight is 244 g/mol. The molecule has 0 spiro atoms. The SMILES string of the molecule is O=C(Nc1cccc(F)c1F)C1CSCN1. The number of thioether (sulfide) groups is 1. The monoisotopic (exact) mass is 244 g/mol. The summed E-state index contributed by atoms with van der Waals surface area (Å²) in [5.74, 6) is -0.991. The Hall–Kier alpha value is -1.14. The molecule has 1 heterocycles. The Morgan fingerprint density at radius 1 is 1.50 bits per heavy atom. The predicted molar refractivity (Wildman–Crippen MR) is 59.2 cm³/mol. The van der Waals surface area contributed by atoms with Crippen molar-refractivity contribution in [2.75, 3.05) is 16.9 Å². The molecule has 1 fully saturated rings. The Morgan fingerprint density at radius 2 is 2.31 bits per heavy atom. The third-order valence-corrected chi connectivity index (χ3v) is 3.18. The van der Waals surface area contributed by atoms with Crippen molar-refractivity contribution in [2.24, 2.45) is 0 Å². The molecule has 6 heteroatoms. The van der Waals surface area contributed by atoms with Gasteiger partial charge in [-0.05, 0) is 12.1 Å². The van der Waals surface area contributed by atoms with Crippen LogP contribution in [0.1, 0.15) is 0 Å². The van der Waals surface area contributed by atoms with Crippen molar-refractivity contribution in [3.8, 4) is 0 Å². The summed E-state index contributed by atoms with van der Waals surface area (Å²) in [6.45, 7) is 0. The quantitative estimate of drug-likeness (QED) is 0.829. The first-order valence-corrected chi connectivity index (χ1v) is 5.90. The topological polar surface area (TPSA) is 41.1 Å². The maximum atomic E-state index is 13.2. The molecule has 1 aliphatic heterocycles. The lowest BCUT2D eigenvalue weighted by atomic mass is 10.2.